The van der Waals surface area contributed by atoms with Gasteiger partial charge in [0.2, 0.25) is 0 Å². The van der Waals surface area contributed by atoms with Gasteiger partial charge in [-0.1, -0.05) is 0 Å². The fourth-order valence-corrected chi connectivity index (χ4v) is 2.93. The van der Waals surface area contributed by atoms with Crippen LogP contribution in [0.4, 0.5) is 0 Å². The van der Waals surface area contributed by atoms with Gasteiger partial charge in [-0.2, -0.15) is 0 Å². The van der Waals surface area contributed by atoms with Crippen LogP contribution in [0.1, 0.15) is 6.42 Å². The van der Waals surface area contributed by atoms with E-state index in [-0.39, 0.29) is 33.6 Å². The van der Waals surface area contributed by atoms with Gasteiger partial charge in [-0.3, -0.25) is 0 Å². The third-order valence-corrected chi connectivity index (χ3v) is 4.03. The second kappa shape index (κ2) is 12.5. The number of methoxy groups -OCH3 is 5. The Morgan fingerprint density at radius 2 is 1.30 bits per heavy atom. The third-order valence-electron chi connectivity index (χ3n) is 4.03. The first-order chi connectivity index (χ1) is 13.0. The van der Waals surface area contributed by atoms with Crippen LogP contribution >= 0.6 is 0 Å². The average molecular weight is 398 g/mol. The Kier molecular flexibility index (Phi) is 11.2. The molecule has 11 nitrogen and oxygen atoms in total. The summed E-state index contributed by atoms with van der Waals surface area (Å²) in [4.78, 5) is 12.4. The molecule has 1 aliphatic rings. The van der Waals surface area contributed by atoms with Gasteiger partial charge >= 0.3 is 5.97 Å². The summed E-state index contributed by atoms with van der Waals surface area (Å²) >= 11 is 0. The lowest BCUT2D eigenvalue weighted by Crippen LogP contribution is -2.68. The van der Waals surface area contributed by atoms with Gasteiger partial charge < -0.3 is 47.7 Å². The fourth-order valence-electron chi connectivity index (χ4n) is 2.93. The van der Waals surface area contributed by atoms with Crippen molar-refractivity contribution in [1.82, 2.24) is 0 Å². The molecule has 0 radical (unpaired) electrons. The number of carbonyl (C=O) groups excluding carboxylic acids is 1. The topological polar surface area (TPSA) is 120 Å². The van der Waals surface area contributed by atoms with E-state index in [0.29, 0.717) is 0 Å². The van der Waals surface area contributed by atoms with Crippen LogP contribution in [-0.4, -0.2) is 104 Å². The van der Waals surface area contributed by atoms with E-state index in [4.69, 9.17) is 42.6 Å². The number of aliphatic hydroxyl groups is 1. The standard InChI is InChI=1S/C16H30O11/c1-19-7-24-11-6-16(18,15(17)23-5)14(27-10-22-4)13(26-9-21-3)12(11)25-8-20-2/h11-14,18H,6-10H2,1-5H3/t11-,12+,13+,14-,16+/m1/s1. The quantitative estimate of drug-likeness (QED) is 0.312. The molecule has 0 aromatic carbocycles. The van der Waals surface area contributed by atoms with Crippen LogP contribution < -0.4 is 0 Å². The van der Waals surface area contributed by atoms with Crippen molar-refractivity contribution in [2.75, 3.05) is 62.7 Å². The molecule has 0 aliphatic heterocycles. The summed E-state index contributed by atoms with van der Waals surface area (Å²) in [5, 5.41) is 11.1. The second-order valence-corrected chi connectivity index (χ2v) is 5.80. The first-order valence-corrected chi connectivity index (χ1v) is 8.23. The Labute approximate surface area is 158 Å². The lowest BCUT2D eigenvalue weighted by atomic mass is 9.76. The summed E-state index contributed by atoms with van der Waals surface area (Å²) in [6.45, 7) is -0.497. The summed E-state index contributed by atoms with van der Waals surface area (Å²) in [5.41, 5.74) is -2.07. The maximum Gasteiger partial charge on any atom is 0.340 e. The van der Waals surface area contributed by atoms with E-state index in [2.05, 4.69) is 0 Å². The van der Waals surface area contributed by atoms with Crippen molar-refractivity contribution < 1.29 is 52.5 Å². The molecular weight excluding hydrogens is 368 g/mol. The average Bonchev–Trinajstić information content (AvgIpc) is 2.68. The molecule has 1 rings (SSSR count). The van der Waals surface area contributed by atoms with E-state index in [9.17, 15) is 9.90 Å². The van der Waals surface area contributed by atoms with Gasteiger partial charge in [-0.25, -0.2) is 4.79 Å². The Morgan fingerprint density at radius 3 is 1.81 bits per heavy atom. The maximum absolute atomic E-state index is 12.4. The largest absolute Gasteiger partial charge is 0.467 e. The van der Waals surface area contributed by atoms with E-state index in [1.807, 2.05) is 0 Å². The zero-order valence-electron chi connectivity index (χ0n) is 16.4. The molecule has 5 atom stereocenters. The summed E-state index contributed by atoms with van der Waals surface area (Å²) in [6, 6.07) is 0. The predicted molar refractivity (Wildman–Crippen MR) is 88.6 cm³/mol. The lowest BCUT2D eigenvalue weighted by Gasteiger charge is -2.48. The zero-order chi connectivity index (χ0) is 20.3. The Balaban J connectivity index is 3.25. The smallest absolute Gasteiger partial charge is 0.340 e. The molecule has 0 unspecified atom stereocenters. The first-order valence-electron chi connectivity index (χ1n) is 8.23. The minimum atomic E-state index is -2.07. The highest BCUT2D eigenvalue weighted by atomic mass is 16.7. The maximum atomic E-state index is 12.4. The number of ether oxygens (including phenoxy) is 9. The summed E-state index contributed by atoms with van der Waals surface area (Å²) in [6.07, 6.45) is -3.87. The van der Waals surface area contributed by atoms with Gasteiger partial charge in [-0.05, 0) is 0 Å². The molecular formula is C16H30O11. The van der Waals surface area contributed by atoms with E-state index < -0.39 is 36.0 Å². The number of hydrogen-bond donors (Lipinski definition) is 1. The summed E-state index contributed by atoms with van der Waals surface area (Å²) < 4.78 is 47.2. The highest BCUT2D eigenvalue weighted by molar-refractivity contribution is 5.80. The van der Waals surface area contributed by atoms with Crippen LogP contribution in [0.2, 0.25) is 0 Å². The molecule has 1 aliphatic carbocycles. The van der Waals surface area contributed by atoms with Gasteiger partial charge in [0.25, 0.3) is 0 Å². The molecule has 0 aromatic heterocycles. The number of hydrogen-bond acceptors (Lipinski definition) is 11. The first kappa shape index (κ1) is 24.1. The summed E-state index contributed by atoms with van der Waals surface area (Å²) in [7, 11) is 6.92. The van der Waals surface area contributed by atoms with Crippen molar-refractivity contribution in [3.63, 3.8) is 0 Å². The molecule has 11 heteroatoms. The van der Waals surface area contributed by atoms with Gasteiger partial charge in [0.05, 0.1) is 13.2 Å². The van der Waals surface area contributed by atoms with Gasteiger partial charge in [-0.15, -0.1) is 0 Å². The van der Waals surface area contributed by atoms with Crippen molar-refractivity contribution in [2.45, 2.75) is 36.4 Å². The van der Waals surface area contributed by atoms with E-state index >= 15 is 0 Å². The molecule has 0 amide bonds. The van der Waals surface area contributed by atoms with E-state index in [0.717, 1.165) is 7.11 Å². The minimum absolute atomic E-state index is 0.0714. The zero-order valence-corrected chi connectivity index (χ0v) is 16.4. The van der Waals surface area contributed by atoms with E-state index in [1.54, 1.807) is 0 Å². The van der Waals surface area contributed by atoms with Crippen LogP contribution in [0.15, 0.2) is 0 Å². The Morgan fingerprint density at radius 1 is 0.815 bits per heavy atom. The molecule has 0 aromatic rings. The molecule has 0 spiro atoms. The molecule has 0 saturated heterocycles. The summed E-state index contributed by atoms with van der Waals surface area (Å²) in [5.74, 6) is -0.897. The SMILES string of the molecule is COCO[C@@H]1[C@H](OCOC)[C@@H](OCOC)[C@](O)(C(=O)OC)C[C@H]1OCOC. The van der Waals surface area contributed by atoms with Crippen LogP contribution in [0, 0.1) is 0 Å². The number of carbonyl (C=O) groups is 1. The van der Waals surface area contributed by atoms with E-state index in [1.165, 1.54) is 28.4 Å². The predicted octanol–water partition coefficient (Wildman–Crippen LogP) is -0.749. The monoisotopic (exact) mass is 398 g/mol. The van der Waals surface area contributed by atoms with Crippen molar-refractivity contribution in [3.05, 3.63) is 0 Å². The van der Waals surface area contributed by atoms with Crippen LogP contribution in [-0.2, 0) is 47.4 Å². The second-order valence-electron chi connectivity index (χ2n) is 5.80. The number of rotatable bonds is 13. The van der Waals surface area contributed by atoms with Crippen LogP contribution in [0.5, 0.6) is 0 Å². The van der Waals surface area contributed by atoms with Gasteiger partial charge in [0.15, 0.2) is 5.60 Å². The van der Waals surface area contributed by atoms with Gasteiger partial charge in [0.1, 0.15) is 45.5 Å². The van der Waals surface area contributed by atoms with Crippen molar-refractivity contribution in [3.8, 4) is 0 Å². The Hall–Kier alpha value is -0.890. The highest BCUT2D eigenvalue weighted by Crippen LogP contribution is 2.37. The van der Waals surface area contributed by atoms with Crippen molar-refractivity contribution >= 4 is 5.97 Å². The van der Waals surface area contributed by atoms with Crippen molar-refractivity contribution in [2.24, 2.45) is 0 Å². The number of esters is 1. The van der Waals surface area contributed by atoms with Crippen LogP contribution in [0.25, 0.3) is 0 Å². The lowest BCUT2D eigenvalue weighted by molar-refractivity contribution is -0.297. The third kappa shape index (κ3) is 6.31. The molecule has 0 heterocycles. The molecule has 1 N–H and O–H groups in total. The van der Waals surface area contributed by atoms with Crippen molar-refractivity contribution in [1.29, 1.82) is 0 Å². The normalized spacial score (nSPS) is 31.0. The molecule has 0 bridgehead atoms. The van der Waals surface area contributed by atoms with Gasteiger partial charge in [0, 0.05) is 34.9 Å². The Bertz CT molecular complexity index is 421. The molecule has 160 valence electrons. The van der Waals surface area contributed by atoms with Crippen LogP contribution in [0.3, 0.4) is 0 Å². The minimum Gasteiger partial charge on any atom is -0.467 e. The molecule has 27 heavy (non-hydrogen) atoms. The molecule has 1 saturated carbocycles. The fraction of sp³-hybridized carbons (Fsp3) is 0.938. The highest BCUT2D eigenvalue weighted by Gasteiger charge is 2.60. The molecule has 1 fully saturated rings.